The third-order valence-electron chi connectivity index (χ3n) is 3.93. The van der Waals surface area contributed by atoms with Crippen molar-refractivity contribution in [2.75, 3.05) is 5.73 Å². The van der Waals surface area contributed by atoms with E-state index >= 15 is 0 Å². The molecule has 0 bridgehead atoms. The number of nitrogens with two attached hydrogens (primary N) is 1. The number of nitrogens with zero attached hydrogens (tertiary/aromatic N) is 4. The van der Waals surface area contributed by atoms with Crippen molar-refractivity contribution in [3.05, 3.63) is 12.7 Å². The van der Waals surface area contributed by atoms with Gasteiger partial charge in [-0.2, -0.15) is 0 Å². The Labute approximate surface area is 130 Å². The Kier molecular flexibility index (Phi) is 2.86. The summed E-state index contributed by atoms with van der Waals surface area (Å²) in [6.07, 6.45) is -0.391. The number of imidazole rings is 1. The number of aliphatic carboxylic acids is 1. The quantitative estimate of drug-likeness (QED) is 0.777. The van der Waals surface area contributed by atoms with E-state index in [4.69, 9.17) is 19.9 Å². The highest BCUT2D eigenvalue weighted by Crippen LogP contribution is 2.43. The van der Waals surface area contributed by atoms with Gasteiger partial charge in [-0.15, -0.1) is 0 Å². The lowest BCUT2D eigenvalue weighted by Crippen LogP contribution is -2.35. The van der Waals surface area contributed by atoms with E-state index in [1.807, 2.05) is 0 Å². The van der Waals surface area contributed by atoms with Crippen molar-refractivity contribution in [2.24, 2.45) is 0 Å². The fraction of sp³-hybridized carbons (Fsp3) is 0.538. The predicted octanol–water partition coefficient (Wildman–Crippen LogP) is -0.0894. The Morgan fingerprint density at radius 2 is 2.04 bits per heavy atom. The molecule has 122 valence electrons. The number of carboxylic acids is 1. The van der Waals surface area contributed by atoms with Crippen LogP contribution in [0.3, 0.4) is 0 Å². The van der Waals surface area contributed by atoms with Gasteiger partial charge in [0.15, 0.2) is 29.6 Å². The molecule has 2 aromatic rings. The average molecular weight is 321 g/mol. The van der Waals surface area contributed by atoms with Gasteiger partial charge in [0.2, 0.25) is 0 Å². The number of rotatable bonds is 2. The van der Waals surface area contributed by atoms with Crippen LogP contribution in [0.5, 0.6) is 0 Å². The van der Waals surface area contributed by atoms with Gasteiger partial charge in [0.1, 0.15) is 24.1 Å². The van der Waals surface area contributed by atoms with Gasteiger partial charge in [-0.1, -0.05) is 0 Å². The SMILES string of the molecule is CC1(C)O[C@H]2[C@H](O1)[C@H](n1cnc3c(N)ncnc31)O[C@@H]2C(=O)O. The Hall–Kier alpha value is -2.30. The zero-order valence-electron chi connectivity index (χ0n) is 12.4. The summed E-state index contributed by atoms with van der Waals surface area (Å²) in [6.45, 7) is 3.46. The molecule has 0 unspecified atom stereocenters. The highest BCUT2D eigenvalue weighted by molar-refractivity contribution is 5.81. The molecule has 0 amide bonds. The van der Waals surface area contributed by atoms with Crippen molar-refractivity contribution in [2.45, 2.75) is 44.2 Å². The van der Waals surface area contributed by atoms with E-state index in [0.717, 1.165) is 0 Å². The second-order valence-electron chi connectivity index (χ2n) is 5.93. The summed E-state index contributed by atoms with van der Waals surface area (Å²) in [4.78, 5) is 23.7. The van der Waals surface area contributed by atoms with Crippen LogP contribution >= 0.6 is 0 Å². The summed E-state index contributed by atoms with van der Waals surface area (Å²) in [7, 11) is 0. The highest BCUT2D eigenvalue weighted by Gasteiger charge is 2.58. The lowest BCUT2D eigenvalue weighted by atomic mass is 10.1. The fourth-order valence-corrected chi connectivity index (χ4v) is 3.06. The first kappa shape index (κ1) is 14.3. The van der Waals surface area contributed by atoms with Gasteiger partial charge in [0.25, 0.3) is 0 Å². The first-order valence-corrected chi connectivity index (χ1v) is 7.04. The van der Waals surface area contributed by atoms with E-state index in [-0.39, 0.29) is 5.82 Å². The fourth-order valence-electron chi connectivity index (χ4n) is 3.06. The van der Waals surface area contributed by atoms with Gasteiger partial charge in [-0.25, -0.2) is 19.7 Å². The maximum atomic E-state index is 11.5. The van der Waals surface area contributed by atoms with Crippen molar-refractivity contribution in [3.8, 4) is 0 Å². The summed E-state index contributed by atoms with van der Waals surface area (Å²) in [5.74, 6) is -1.76. The second kappa shape index (κ2) is 4.60. The minimum atomic E-state index is -1.14. The van der Waals surface area contributed by atoms with Gasteiger partial charge < -0.3 is 25.1 Å². The maximum Gasteiger partial charge on any atom is 0.335 e. The van der Waals surface area contributed by atoms with Crippen molar-refractivity contribution >= 4 is 23.0 Å². The summed E-state index contributed by atoms with van der Waals surface area (Å²) in [5, 5.41) is 9.37. The molecule has 0 aromatic carbocycles. The first-order valence-electron chi connectivity index (χ1n) is 7.04. The average Bonchev–Trinajstić information content (AvgIpc) is 3.09. The molecule has 2 aliphatic heterocycles. The van der Waals surface area contributed by atoms with Gasteiger partial charge in [0, 0.05) is 0 Å². The molecule has 0 saturated carbocycles. The van der Waals surface area contributed by atoms with Crippen molar-refractivity contribution in [1.29, 1.82) is 0 Å². The zero-order valence-corrected chi connectivity index (χ0v) is 12.4. The molecule has 10 heteroatoms. The monoisotopic (exact) mass is 321 g/mol. The number of aromatic nitrogens is 4. The predicted molar refractivity (Wildman–Crippen MR) is 75.1 cm³/mol. The van der Waals surface area contributed by atoms with Crippen LogP contribution in [0, 0.1) is 0 Å². The molecule has 2 aromatic heterocycles. The first-order chi connectivity index (χ1) is 10.9. The molecule has 4 heterocycles. The molecule has 0 spiro atoms. The molecule has 4 rings (SSSR count). The Bertz CT molecular complexity index is 790. The molecule has 2 fully saturated rings. The largest absolute Gasteiger partial charge is 0.479 e. The molecular weight excluding hydrogens is 306 g/mol. The third-order valence-corrected chi connectivity index (χ3v) is 3.93. The highest BCUT2D eigenvalue weighted by atomic mass is 16.8. The Morgan fingerprint density at radius 1 is 1.30 bits per heavy atom. The molecule has 0 aliphatic carbocycles. The van der Waals surface area contributed by atoms with Gasteiger partial charge in [0.05, 0.1) is 6.33 Å². The second-order valence-corrected chi connectivity index (χ2v) is 5.93. The number of ether oxygens (including phenoxy) is 3. The molecule has 23 heavy (non-hydrogen) atoms. The van der Waals surface area contributed by atoms with Crippen LogP contribution in [-0.4, -0.2) is 54.7 Å². The van der Waals surface area contributed by atoms with E-state index in [0.29, 0.717) is 11.2 Å². The van der Waals surface area contributed by atoms with Crippen molar-refractivity contribution < 1.29 is 24.1 Å². The van der Waals surface area contributed by atoms with E-state index in [1.165, 1.54) is 12.7 Å². The van der Waals surface area contributed by atoms with Gasteiger partial charge >= 0.3 is 5.97 Å². The number of hydrogen-bond donors (Lipinski definition) is 2. The van der Waals surface area contributed by atoms with Crippen LogP contribution in [0.15, 0.2) is 12.7 Å². The summed E-state index contributed by atoms with van der Waals surface area (Å²) < 4.78 is 18.8. The molecule has 3 N–H and O–H groups in total. The standard InChI is InChI=1S/C13H15N5O5/c1-13(2)22-6-7(23-13)11(21-8(6)12(19)20)18-4-17-5-9(14)15-3-16-10(5)18/h3-4,6-8,11H,1-2H3,(H,19,20)(H2,14,15,16)/t6-,7-,8-,11+/m0/s1. The number of hydrogen-bond acceptors (Lipinski definition) is 8. The van der Waals surface area contributed by atoms with Gasteiger partial charge in [-0.3, -0.25) is 4.57 Å². The summed E-state index contributed by atoms with van der Waals surface area (Å²) >= 11 is 0. The van der Waals surface area contributed by atoms with E-state index in [1.54, 1.807) is 18.4 Å². The lowest BCUT2D eigenvalue weighted by molar-refractivity contribution is -0.202. The van der Waals surface area contributed by atoms with Crippen molar-refractivity contribution in [3.63, 3.8) is 0 Å². The summed E-state index contributed by atoms with van der Waals surface area (Å²) in [5.41, 5.74) is 6.64. The van der Waals surface area contributed by atoms with Gasteiger partial charge in [-0.05, 0) is 13.8 Å². The van der Waals surface area contributed by atoms with Crippen LogP contribution in [0.4, 0.5) is 5.82 Å². The van der Waals surface area contributed by atoms with E-state index < -0.39 is 36.3 Å². The molecule has 2 saturated heterocycles. The topological polar surface area (TPSA) is 135 Å². The van der Waals surface area contributed by atoms with E-state index in [9.17, 15) is 9.90 Å². The van der Waals surface area contributed by atoms with Crippen LogP contribution in [0.2, 0.25) is 0 Å². The van der Waals surface area contributed by atoms with E-state index in [2.05, 4.69) is 15.0 Å². The van der Waals surface area contributed by atoms with Crippen LogP contribution in [-0.2, 0) is 19.0 Å². The smallest absolute Gasteiger partial charge is 0.335 e. The number of carboxylic acid groups (broad SMARTS) is 1. The summed E-state index contributed by atoms with van der Waals surface area (Å²) in [6, 6.07) is 0. The van der Waals surface area contributed by atoms with Crippen LogP contribution < -0.4 is 5.73 Å². The number of fused-ring (bicyclic) bond motifs is 2. The Morgan fingerprint density at radius 3 is 2.78 bits per heavy atom. The maximum absolute atomic E-state index is 11.5. The number of nitrogen functional groups attached to an aromatic ring is 1. The molecule has 10 nitrogen and oxygen atoms in total. The Balaban J connectivity index is 1.78. The van der Waals surface area contributed by atoms with Crippen LogP contribution in [0.1, 0.15) is 20.1 Å². The molecule has 0 radical (unpaired) electrons. The van der Waals surface area contributed by atoms with Crippen LogP contribution in [0.25, 0.3) is 11.2 Å². The molecule has 4 atom stereocenters. The number of anilines is 1. The number of carbonyl (C=O) groups is 1. The molecule has 2 aliphatic rings. The van der Waals surface area contributed by atoms with Crippen molar-refractivity contribution in [1.82, 2.24) is 19.5 Å². The zero-order chi connectivity index (χ0) is 16.4. The minimum Gasteiger partial charge on any atom is -0.479 e. The normalized spacial score (nSPS) is 32.3. The minimum absolute atomic E-state index is 0.238. The molecular formula is C13H15N5O5. The lowest BCUT2D eigenvalue weighted by Gasteiger charge is -2.23. The third kappa shape index (κ3) is 2.06.